The van der Waals surface area contributed by atoms with E-state index in [0.717, 1.165) is 0 Å². The number of thiophene rings is 1. The predicted molar refractivity (Wildman–Crippen MR) is 127 cm³/mol. The smallest absolute Gasteiger partial charge is 0.265 e. The van der Waals surface area contributed by atoms with E-state index in [1.54, 1.807) is 64.6 Å². The quantitative estimate of drug-likeness (QED) is 0.582. The van der Waals surface area contributed by atoms with E-state index in [-0.39, 0.29) is 17.7 Å². The molecule has 0 aliphatic carbocycles. The Kier molecular flexibility index (Phi) is 6.76. The first-order valence-electron chi connectivity index (χ1n) is 10.3. The van der Waals surface area contributed by atoms with E-state index in [9.17, 15) is 18.8 Å². The van der Waals surface area contributed by atoms with Crippen LogP contribution in [0, 0.1) is 12.7 Å². The van der Waals surface area contributed by atoms with Crippen LogP contribution in [0.3, 0.4) is 0 Å². The van der Waals surface area contributed by atoms with Crippen LogP contribution >= 0.6 is 22.9 Å². The lowest BCUT2D eigenvalue weighted by atomic mass is 10.1. The third-order valence-corrected chi connectivity index (χ3v) is 6.68. The highest BCUT2D eigenvalue weighted by molar-refractivity contribution is 7.12. The lowest BCUT2D eigenvalue weighted by Crippen LogP contribution is -2.50. The van der Waals surface area contributed by atoms with Crippen LogP contribution < -0.4 is 5.32 Å². The Bertz CT molecular complexity index is 1210. The fourth-order valence-corrected chi connectivity index (χ4v) is 4.33. The Morgan fingerprint density at radius 2 is 1.55 bits per heavy atom. The van der Waals surface area contributed by atoms with E-state index in [4.69, 9.17) is 11.6 Å². The molecule has 0 bridgehead atoms. The molecule has 3 amide bonds. The van der Waals surface area contributed by atoms with E-state index in [1.807, 2.05) is 0 Å². The summed E-state index contributed by atoms with van der Waals surface area (Å²) >= 11 is 7.53. The second-order valence-corrected chi connectivity index (χ2v) is 9.03. The number of carbonyl (C=O) groups is 3. The number of carbonyl (C=O) groups excluding carboxylic acids is 3. The molecule has 0 atom stereocenters. The van der Waals surface area contributed by atoms with Gasteiger partial charge in [0.2, 0.25) is 0 Å². The number of aryl methyl sites for hydroxylation is 1. The van der Waals surface area contributed by atoms with Crippen molar-refractivity contribution in [1.29, 1.82) is 0 Å². The zero-order chi connectivity index (χ0) is 23.5. The van der Waals surface area contributed by atoms with Gasteiger partial charge in [-0.15, -0.1) is 11.3 Å². The van der Waals surface area contributed by atoms with Crippen molar-refractivity contribution in [2.75, 3.05) is 31.5 Å². The van der Waals surface area contributed by atoms with Crippen LogP contribution in [0.25, 0.3) is 0 Å². The SMILES string of the molecule is Cc1ccc(C(=O)N2CCN(C(=O)c3ccc(Cl)c(NC(=O)c4cccs4)c3)CC2)cc1F. The molecule has 170 valence electrons. The monoisotopic (exact) mass is 485 g/mol. The maximum Gasteiger partial charge on any atom is 0.265 e. The summed E-state index contributed by atoms with van der Waals surface area (Å²) in [5.74, 6) is -1.19. The van der Waals surface area contributed by atoms with Gasteiger partial charge in [-0.2, -0.15) is 0 Å². The van der Waals surface area contributed by atoms with Crippen molar-refractivity contribution in [2.45, 2.75) is 6.92 Å². The molecule has 1 saturated heterocycles. The van der Waals surface area contributed by atoms with Gasteiger partial charge in [-0.3, -0.25) is 14.4 Å². The molecule has 2 heterocycles. The molecule has 0 unspecified atom stereocenters. The number of nitrogens with one attached hydrogen (secondary N) is 1. The Hall–Kier alpha value is -3.23. The number of anilines is 1. The summed E-state index contributed by atoms with van der Waals surface area (Å²) in [5.41, 5.74) is 1.52. The number of hydrogen-bond donors (Lipinski definition) is 1. The molecule has 9 heteroatoms. The average Bonchev–Trinajstić information content (AvgIpc) is 3.37. The van der Waals surface area contributed by atoms with Gasteiger partial charge in [0.05, 0.1) is 15.6 Å². The molecule has 2 aromatic carbocycles. The first kappa shape index (κ1) is 22.9. The van der Waals surface area contributed by atoms with Crippen molar-refractivity contribution in [3.05, 3.63) is 86.3 Å². The Morgan fingerprint density at radius 1 is 0.939 bits per heavy atom. The highest BCUT2D eigenvalue weighted by atomic mass is 35.5. The normalized spacial score (nSPS) is 13.7. The number of hydrogen-bond acceptors (Lipinski definition) is 4. The molecule has 0 saturated carbocycles. The van der Waals surface area contributed by atoms with Crippen molar-refractivity contribution in [2.24, 2.45) is 0 Å². The summed E-state index contributed by atoms with van der Waals surface area (Å²) in [6.07, 6.45) is 0. The molecule has 4 rings (SSSR count). The van der Waals surface area contributed by atoms with Crippen molar-refractivity contribution >= 4 is 46.3 Å². The second-order valence-electron chi connectivity index (χ2n) is 7.67. The van der Waals surface area contributed by atoms with Crippen molar-refractivity contribution < 1.29 is 18.8 Å². The van der Waals surface area contributed by atoms with Gasteiger partial charge in [0.1, 0.15) is 5.82 Å². The number of halogens is 2. The lowest BCUT2D eigenvalue weighted by Gasteiger charge is -2.35. The first-order chi connectivity index (χ1) is 15.8. The van der Waals surface area contributed by atoms with Crippen LogP contribution in [0.2, 0.25) is 5.02 Å². The van der Waals surface area contributed by atoms with Crippen LogP contribution in [0.4, 0.5) is 10.1 Å². The van der Waals surface area contributed by atoms with Gasteiger partial charge in [-0.05, 0) is 54.3 Å². The molecule has 1 aliphatic rings. The van der Waals surface area contributed by atoms with Crippen LogP contribution in [-0.4, -0.2) is 53.7 Å². The summed E-state index contributed by atoms with van der Waals surface area (Å²) in [6, 6.07) is 12.7. The minimum atomic E-state index is -0.417. The van der Waals surface area contributed by atoms with Gasteiger partial charge >= 0.3 is 0 Å². The molecular formula is C24H21ClFN3O3S. The third kappa shape index (κ3) is 5.07. The van der Waals surface area contributed by atoms with Crippen LogP contribution in [0.15, 0.2) is 53.9 Å². The fraction of sp³-hybridized carbons (Fsp3) is 0.208. The summed E-state index contributed by atoms with van der Waals surface area (Å²) in [6.45, 7) is 3.02. The summed E-state index contributed by atoms with van der Waals surface area (Å²) in [7, 11) is 0. The van der Waals surface area contributed by atoms with Gasteiger partial charge in [0.25, 0.3) is 17.7 Å². The highest BCUT2D eigenvalue weighted by Gasteiger charge is 2.26. The molecule has 0 radical (unpaired) electrons. The molecule has 1 aromatic heterocycles. The Labute approximate surface area is 199 Å². The molecule has 1 N–H and O–H groups in total. The van der Waals surface area contributed by atoms with Gasteiger partial charge in [0.15, 0.2) is 0 Å². The lowest BCUT2D eigenvalue weighted by molar-refractivity contribution is 0.0535. The van der Waals surface area contributed by atoms with E-state index < -0.39 is 5.82 Å². The van der Waals surface area contributed by atoms with Gasteiger partial charge in [0, 0.05) is 37.3 Å². The van der Waals surface area contributed by atoms with Gasteiger partial charge in [-0.25, -0.2) is 4.39 Å². The Balaban J connectivity index is 1.40. The van der Waals surface area contributed by atoms with Crippen molar-refractivity contribution in [3.8, 4) is 0 Å². The van der Waals surface area contributed by atoms with Crippen LogP contribution in [0.5, 0.6) is 0 Å². The summed E-state index contributed by atoms with van der Waals surface area (Å²) in [4.78, 5) is 41.9. The van der Waals surface area contributed by atoms with Crippen molar-refractivity contribution in [3.63, 3.8) is 0 Å². The van der Waals surface area contributed by atoms with E-state index in [2.05, 4.69) is 5.32 Å². The number of benzene rings is 2. The third-order valence-electron chi connectivity index (χ3n) is 5.48. The molecule has 0 spiro atoms. The van der Waals surface area contributed by atoms with Gasteiger partial charge in [-0.1, -0.05) is 23.7 Å². The summed E-state index contributed by atoms with van der Waals surface area (Å²) in [5, 5.41) is 4.88. The first-order valence-corrected chi connectivity index (χ1v) is 11.6. The number of nitrogens with zero attached hydrogens (tertiary/aromatic N) is 2. The average molecular weight is 486 g/mol. The highest BCUT2D eigenvalue weighted by Crippen LogP contribution is 2.25. The second kappa shape index (κ2) is 9.72. The number of rotatable bonds is 4. The Morgan fingerprint density at radius 3 is 2.12 bits per heavy atom. The number of piperazine rings is 1. The van der Waals surface area contributed by atoms with Crippen LogP contribution in [-0.2, 0) is 0 Å². The van der Waals surface area contributed by atoms with Crippen LogP contribution in [0.1, 0.15) is 36.0 Å². The molecule has 3 aromatic rings. The zero-order valence-corrected chi connectivity index (χ0v) is 19.4. The minimum Gasteiger partial charge on any atom is -0.335 e. The van der Waals surface area contributed by atoms with Crippen molar-refractivity contribution in [1.82, 2.24) is 9.80 Å². The molecule has 1 fully saturated rings. The molecule has 6 nitrogen and oxygen atoms in total. The largest absolute Gasteiger partial charge is 0.335 e. The fourth-order valence-electron chi connectivity index (χ4n) is 3.55. The zero-order valence-electron chi connectivity index (χ0n) is 17.8. The van der Waals surface area contributed by atoms with E-state index in [1.165, 1.54) is 17.4 Å². The topological polar surface area (TPSA) is 69.7 Å². The maximum absolute atomic E-state index is 13.8. The molecular weight excluding hydrogens is 465 g/mol. The molecule has 33 heavy (non-hydrogen) atoms. The van der Waals surface area contributed by atoms with E-state index >= 15 is 0 Å². The van der Waals surface area contributed by atoms with Gasteiger partial charge < -0.3 is 15.1 Å². The number of amides is 3. The minimum absolute atomic E-state index is 0.216. The van der Waals surface area contributed by atoms with E-state index in [0.29, 0.717) is 58.5 Å². The molecule has 1 aliphatic heterocycles. The predicted octanol–water partition coefficient (Wildman–Crippen LogP) is 4.70. The maximum atomic E-state index is 13.8. The summed E-state index contributed by atoms with van der Waals surface area (Å²) < 4.78 is 13.8. The standard InChI is InChI=1S/C24H21ClFN3O3S/c1-15-4-5-16(13-19(15)26)23(31)28-8-10-29(11-9-28)24(32)17-6-7-18(25)20(14-17)27-22(30)21-3-2-12-33-21/h2-7,12-14H,8-11H2,1H3,(H,27,30).